The van der Waals surface area contributed by atoms with Gasteiger partial charge >= 0.3 is 0 Å². The molecule has 1 fully saturated rings. The number of anilines is 1. The predicted octanol–water partition coefficient (Wildman–Crippen LogP) is 2.45. The van der Waals surface area contributed by atoms with Gasteiger partial charge in [-0.1, -0.05) is 11.6 Å². The Balaban J connectivity index is 1.59. The summed E-state index contributed by atoms with van der Waals surface area (Å²) >= 11 is 6.20. The first-order chi connectivity index (χ1) is 9.83. The molecule has 0 aliphatic carbocycles. The number of rotatable bonds is 3. The van der Waals surface area contributed by atoms with Crippen molar-refractivity contribution in [2.24, 2.45) is 0 Å². The minimum absolute atomic E-state index is 0.732. The molecule has 0 unspecified atom stereocenters. The van der Waals surface area contributed by atoms with Gasteiger partial charge in [0.25, 0.3) is 0 Å². The average Bonchev–Trinajstić information content (AvgIpc) is 2.50. The lowest BCUT2D eigenvalue weighted by molar-refractivity contribution is 0.250. The second-order valence-electron chi connectivity index (χ2n) is 4.95. The van der Waals surface area contributed by atoms with E-state index in [9.17, 15) is 0 Å². The number of nitrogens with zero attached hydrogens (tertiary/aromatic N) is 4. The minimum Gasteiger partial charge on any atom is -0.368 e. The quantitative estimate of drug-likeness (QED) is 0.868. The van der Waals surface area contributed by atoms with E-state index in [1.54, 1.807) is 12.4 Å². The Morgan fingerprint density at radius 2 is 1.65 bits per heavy atom. The van der Waals surface area contributed by atoms with Gasteiger partial charge in [0.15, 0.2) is 0 Å². The Bertz CT molecular complexity index is 553. The van der Waals surface area contributed by atoms with Gasteiger partial charge in [-0.2, -0.15) is 0 Å². The number of hydrogen-bond acceptors (Lipinski definition) is 4. The predicted molar refractivity (Wildman–Crippen MR) is 81.0 cm³/mol. The normalized spacial score (nSPS) is 16.4. The van der Waals surface area contributed by atoms with Crippen LogP contribution in [0.3, 0.4) is 0 Å². The maximum Gasteiger partial charge on any atom is 0.0822 e. The zero-order valence-electron chi connectivity index (χ0n) is 11.2. The zero-order valence-corrected chi connectivity index (χ0v) is 12.0. The van der Waals surface area contributed by atoms with Crippen LogP contribution in [0.15, 0.2) is 43.0 Å². The van der Waals surface area contributed by atoms with Crippen LogP contribution in [0, 0.1) is 0 Å². The topological polar surface area (TPSA) is 32.3 Å². The Morgan fingerprint density at radius 1 is 0.950 bits per heavy atom. The minimum atomic E-state index is 0.732. The average molecular weight is 289 g/mol. The van der Waals surface area contributed by atoms with Crippen LogP contribution in [0.5, 0.6) is 0 Å². The summed E-state index contributed by atoms with van der Waals surface area (Å²) in [5.41, 5.74) is 2.40. The fourth-order valence-corrected chi connectivity index (χ4v) is 2.76. The highest BCUT2D eigenvalue weighted by Crippen LogP contribution is 2.25. The molecule has 1 aliphatic rings. The molecule has 4 nitrogen and oxygen atoms in total. The van der Waals surface area contributed by atoms with E-state index in [0.29, 0.717) is 0 Å². The van der Waals surface area contributed by atoms with E-state index < -0.39 is 0 Å². The third kappa shape index (κ3) is 3.08. The van der Waals surface area contributed by atoms with Crippen LogP contribution in [0.25, 0.3) is 0 Å². The molecule has 0 saturated carbocycles. The van der Waals surface area contributed by atoms with Gasteiger partial charge in [-0.25, -0.2) is 0 Å². The van der Waals surface area contributed by atoms with E-state index >= 15 is 0 Å². The third-order valence-electron chi connectivity index (χ3n) is 3.62. The molecule has 104 valence electrons. The van der Waals surface area contributed by atoms with Gasteiger partial charge in [-0.05, 0) is 23.8 Å². The van der Waals surface area contributed by atoms with E-state index in [1.165, 1.54) is 5.56 Å². The van der Waals surface area contributed by atoms with E-state index in [2.05, 4.69) is 31.9 Å². The molecule has 0 aromatic carbocycles. The summed E-state index contributed by atoms with van der Waals surface area (Å²) in [5, 5.41) is 0.732. The SMILES string of the molecule is Clc1cnccc1N1CCN(Cc2ccncc2)CC1. The summed E-state index contributed by atoms with van der Waals surface area (Å²) in [6, 6.07) is 6.14. The summed E-state index contributed by atoms with van der Waals surface area (Å²) in [5.74, 6) is 0. The second kappa shape index (κ2) is 6.20. The molecule has 0 spiro atoms. The smallest absolute Gasteiger partial charge is 0.0822 e. The van der Waals surface area contributed by atoms with Crippen LogP contribution in [0.2, 0.25) is 5.02 Å². The van der Waals surface area contributed by atoms with Crippen LogP contribution in [0.4, 0.5) is 5.69 Å². The van der Waals surface area contributed by atoms with Gasteiger partial charge in [0, 0.05) is 57.5 Å². The van der Waals surface area contributed by atoms with Gasteiger partial charge < -0.3 is 4.90 Å². The lowest BCUT2D eigenvalue weighted by Gasteiger charge is -2.36. The number of halogens is 1. The molecular weight excluding hydrogens is 272 g/mol. The first kappa shape index (κ1) is 13.3. The number of aromatic nitrogens is 2. The molecule has 5 heteroatoms. The molecule has 2 aromatic heterocycles. The van der Waals surface area contributed by atoms with Crippen molar-refractivity contribution in [3.05, 3.63) is 53.6 Å². The molecule has 1 saturated heterocycles. The molecule has 2 aromatic rings. The Labute approximate surface area is 124 Å². The summed E-state index contributed by atoms with van der Waals surface area (Å²) in [7, 11) is 0. The number of piperazine rings is 1. The van der Waals surface area contributed by atoms with Crippen molar-refractivity contribution in [2.75, 3.05) is 31.1 Å². The van der Waals surface area contributed by atoms with Crippen LogP contribution in [0.1, 0.15) is 5.56 Å². The maximum atomic E-state index is 6.20. The summed E-state index contributed by atoms with van der Waals surface area (Å²) in [4.78, 5) is 12.9. The van der Waals surface area contributed by atoms with Gasteiger partial charge in [-0.3, -0.25) is 14.9 Å². The Hall–Kier alpha value is -1.65. The van der Waals surface area contributed by atoms with Crippen molar-refractivity contribution in [3.63, 3.8) is 0 Å². The molecule has 0 N–H and O–H groups in total. The van der Waals surface area contributed by atoms with E-state index in [0.717, 1.165) is 43.4 Å². The third-order valence-corrected chi connectivity index (χ3v) is 3.91. The molecule has 3 rings (SSSR count). The van der Waals surface area contributed by atoms with Crippen LogP contribution in [-0.2, 0) is 6.54 Å². The van der Waals surface area contributed by atoms with Crippen LogP contribution < -0.4 is 4.90 Å². The molecule has 0 radical (unpaired) electrons. The van der Waals surface area contributed by atoms with E-state index in [4.69, 9.17) is 11.6 Å². The van der Waals surface area contributed by atoms with Crippen molar-refractivity contribution in [1.82, 2.24) is 14.9 Å². The van der Waals surface area contributed by atoms with Crippen LogP contribution >= 0.6 is 11.6 Å². The fourth-order valence-electron chi connectivity index (χ4n) is 2.52. The fraction of sp³-hybridized carbons (Fsp3) is 0.333. The maximum absolute atomic E-state index is 6.20. The molecule has 0 atom stereocenters. The largest absolute Gasteiger partial charge is 0.368 e. The highest BCUT2D eigenvalue weighted by atomic mass is 35.5. The Kier molecular flexibility index (Phi) is 4.14. The second-order valence-corrected chi connectivity index (χ2v) is 5.35. The molecule has 3 heterocycles. The van der Waals surface area contributed by atoms with Crippen LogP contribution in [-0.4, -0.2) is 41.0 Å². The number of hydrogen-bond donors (Lipinski definition) is 0. The van der Waals surface area contributed by atoms with Gasteiger partial charge in [0.2, 0.25) is 0 Å². The lowest BCUT2D eigenvalue weighted by atomic mass is 10.2. The molecule has 0 bridgehead atoms. The van der Waals surface area contributed by atoms with Gasteiger partial charge in [0.1, 0.15) is 0 Å². The first-order valence-corrected chi connectivity index (χ1v) is 7.16. The monoisotopic (exact) mass is 288 g/mol. The number of pyridine rings is 2. The van der Waals surface area contributed by atoms with Crippen molar-refractivity contribution in [2.45, 2.75) is 6.54 Å². The van der Waals surface area contributed by atoms with E-state index in [1.807, 2.05) is 18.5 Å². The van der Waals surface area contributed by atoms with Crippen molar-refractivity contribution in [3.8, 4) is 0 Å². The molecule has 1 aliphatic heterocycles. The zero-order chi connectivity index (χ0) is 13.8. The highest BCUT2D eigenvalue weighted by molar-refractivity contribution is 6.33. The lowest BCUT2D eigenvalue weighted by Crippen LogP contribution is -2.46. The van der Waals surface area contributed by atoms with Gasteiger partial charge in [-0.15, -0.1) is 0 Å². The van der Waals surface area contributed by atoms with Gasteiger partial charge in [0.05, 0.1) is 10.7 Å². The van der Waals surface area contributed by atoms with E-state index in [-0.39, 0.29) is 0 Å². The Morgan fingerprint density at radius 3 is 2.35 bits per heavy atom. The van der Waals surface area contributed by atoms with Crippen molar-refractivity contribution < 1.29 is 0 Å². The summed E-state index contributed by atoms with van der Waals surface area (Å²) < 4.78 is 0. The summed E-state index contributed by atoms with van der Waals surface area (Å²) in [6.45, 7) is 5.06. The molecule has 20 heavy (non-hydrogen) atoms. The van der Waals surface area contributed by atoms with Crippen molar-refractivity contribution >= 4 is 17.3 Å². The highest BCUT2D eigenvalue weighted by Gasteiger charge is 2.18. The summed E-state index contributed by atoms with van der Waals surface area (Å²) in [6.07, 6.45) is 7.20. The van der Waals surface area contributed by atoms with Crippen molar-refractivity contribution in [1.29, 1.82) is 0 Å². The first-order valence-electron chi connectivity index (χ1n) is 6.78. The standard InChI is InChI=1S/C15H17ClN4/c16-14-11-18-6-3-15(14)20-9-7-19(8-10-20)12-13-1-4-17-5-2-13/h1-6,11H,7-10,12H2. The molecular formula is C15H17ClN4. The molecule has 0 amide bonds.